The number of carbonyl (C=O) groups excluding carboxylic acids is 4. The summed E-state index contributed by atoms with van der Waals surface area (Å²) in [5.41, 5.74) is 14.2. The molecule has 2 bridgehead atoms. The minimum Gasteiger partial charge on any atom is -0.486 e. The Hall–Kier alpha value is -6.74. The fourth-order valence-corrected chi connectivity index (χ4v) is 8.57. The van der Waals surface area contributed by atoms with Gasteiger partial charge in [-0.25, -0.2) is 4.98 Å². The van der Waals surface area contributed by atoms with Crippen LogP contribution in [0, 0.1) is 0 Å². The number of rotatable bonds is 11. The molecule has 1 aliphatic carbocycles. The van der Waals surface area contributed by atoms with Crippen LogP contribution in [-0.2, 0) is 30.2 Å². The van der Waals surface area contributed by atoms with Gasteiger partial charge < -0.3 is 60.2 Å². The molecule has 3 aromatic carbocycles. The van der Waals surface area contributed by atoms with Crippen LogP contribution in [0.3, 0.4) is 0 Å². The highest BCUT2D eigenvalue weighted by molar-refractivity contribution is 6.72. The summed E-state index contributed by atoms with van der Waals surface area (Å²) in [6, 6.07) is 18.6. The molecule has 0 spiro atoms. The van der Waals surface area contributed by atoms with Crippen LogP contribution in [0.5, 0.6) is 11.5 Å². The van der Waals surface area contributed by atoms with Gasteiger partial charge in [-0.1, -0.05) is 42.5 Å². The molecule has 1 aromatic heterocycles. The molecule has 19 nitrogen and oxygen atoms in total. The lowest BCUT2D eigenvalue weighted by atomic mass is 9.79. The standard InChI is InChI=1S/C45H43N7O12/c46-32-17-22(9-13-48-32)11-16-61-41-38(58)37(57)31-20-60-15-12-24(25-5-3-4-8-30(25)52-21-49-34-42(52)50-45(47)51-43(34)59)28-18-29-33(36(56)27-7-2-1-6-26(27)35(29)55)40(39(28)64-44(41)63-31)62-19-23(54)10-14-53/h1-9,13-14,17-18,23-24,31,37-38,41,44,54,57-58H,10-12,15-16,19-21H2,(H2,46,48)(H2,47,51,59). The maximum atomic E-state index is 14.7. The number of nitrogen functional groups attached to an aromatic ring is 1. The number of aliphatic hydroxyl groups is 3. The van der Waals surface area contributed by atoms with Crippen LogP contribution in [0.25, 0.3) is 0 Å². The Kier molecular flexibility index (Phi) is 11.8. The summed E-state index contributed by atoms with van der Waals surface area (Å²) < 4.78 is 32.0. The van der Waals surface area contributed by atoms with Gasteiger partial charge in [0.25, 0.3) is 0 Å². The van der Waals surface area contributed by atoms with Crippen molar-refractivity contribution in [2.45, 2.75) is 62.0 Å². The van der Waals surface area contributed by atoms with Crippen LogP contribution < -0.4 is 25.8 Å². The zero-order chi connectivity index (χ0) is 44.6. The number of carbonyl (C=O) groups is 4. The fourth-order valence-electron chi connectivity index (χ4n) is 8.57. The SMILES string of the molecule is NC1=NC(=O)C2=NCN(c3ccccc3C3CCOCC4OC(Oc5c3cc3c(c5OCC(O)CC=O)C(=O)c5ccccc5C3=O)C(OCCc3ccnc(N)c3)C(O)C4O)C2=N1. The number of nitrogens with zero attached hydrogens (tertiary/aromatic N) is 5. The molecule has 7 atom stereocenters. The molecule has 0 radical (unpaired) electrons. The van der Waals surface area contributed by atoms with E-state index in [0.29, 0.717) is 35.3 Å². The minimum atomic E-state index is -1.58. The number of aliphatic imine (C=N–C) groups is 3. The first-order valence-electron chi connectivity index (χ1n) is 20.6. The van der Waals surface area contributed by atoms with Gasteiger partial charge in [0.15, 0.2) is 34.6 Å². The van der Waals surface area contributed by atoms with Crippen LogP contribution in [0.1, 0.15) is 67.3 Å². The molecule has 4 aromatic rings. The Morgan fingerprint density at radius 3 is 2.52 bits per heavy atom. The van der Waals surface area contributed by atoms with Crippen molar-refractivity contribution < 1.29 is 58.2 Å². The first-order chi connectivity index (χ1) is 31.0. The summed E-state index contributed by atoms with van der Waals surface area (Å²) in [6.45, 7) is -0.670. The number of guanidine groups is 1. The normalized spacial score (nSPS) is 24.4. The molecular formula is C45H43N7O12. The van der Waals surface area contributed by atoms with Gasteiger partial charge in [0.1, 0.15) is 49.8 Å². The molecule has 1 amide bonds. The van der Waals surface area contributed by atoms with E-state index >= 15 is 0 Å². The van der Waals surface area contributed by atoms with Gasteiger partial charge in [-0.2, -0.15) is 9.98 Å². The van der Waals surface area contributed by atoms with Gasteiger partial charge in [0, 0.05) is 53.1 Å². The van der Waals surface area contributed by atoms with E-state index < -0.39 is 66.8 Å². The average molecular weight is 874 g/mol. The predicted molar refractivity (Wildman–Crippen MR) is 228 cm³/mol. The van der Waals surface area contributed by atoms with E-state index in [9.17, 15) is 34.5 Å². The molecule has 330 valence electrons. The number of pyridine rings is 1. The Labute approximate surface area is 365 Å². The number of aldehydes is 1. The molecule has 7 unspecified atom stereocenters. The number of hydrogen-bond donors (Lipinski definition) is 5. The van der Waals surface area contributed by atoms with E-state index in [1.165, 1.54) is 6.07 Å². The van der Waals surface area contributed by atoms with Gasteiger partial charge in [0.05, 0.1) is 24.9 Å². The van der Waals surface area contributed by atoms with Crippen molar-refractivity contribution >= 4 is 52.8 Å². The van der Waals surface area contributed by atoms with Crippen LogP contribution in [0.15, 0.2) is 87.9 Å². The summed E-state index contributed by atoms with van der Waals surface area (Å²) in [5.74, 6) is -2.59. The molecule has 0 saturated carbocycles. The number of ether oxygens (including phenoxy) is 5. The van der Waals surface area contributed by atoms with Gasteiger partial charge in [0.2, 0.25) is 12.2 Å². The van der Waals surface area contributed by atoms with Crippen molar-refractivity contribution in [3.63, 3.8) is 0 Å². The Morgan fingerprint density at radius 2 is 1.72 bits per heavy atom. The molecule has 9 rings (SSSR count). The average Bonchev–Trinajstić information content (AvgIpc) is 3.70. The fraction of sp³-hybridized carbons (Fsp3) is 0.333. The minimum absolute atomic E-state index is 0.00184. The number of aromatic nitrogens is 1. The number of hydrogen-bond acceptors (Lipinski definition) is 18. The first-order valence-corrected chi connectivity index (χ1v) is 20.6. The molecule has 64 heavy (non-hydrogen) atoms. The molecule has 19 heteroatoms. The summed E-state index contributed by atoms with van der Waals surface area (Å²) in [5, 5.41) is 33.9. The number of ketones is 2. The molecular weight excluding hydrogens is 831 g/mol. The predicted octanol–water partition coefficient (Wildman–Crippen LogP) is 1.25. The second-order valence-electron chi connectivity index (χ2n) is 15.7. The van der Waals surface area contributed by atoms with E-state index in [2.05, 4.69) is 20.0 Å². The topological polar surface area (TPSA) is 280 Å². The van der Waals surface area contributed by atoms with Crippen LogP contribution in [0.4, 0.5) is 11.5 Å². The lowest BCUT2D eigenvalue weighted by Gasteiger charge is -2.42. The van der Waals surface area contributed by atoms with Crippen molar-refractivity contribution in [2.24, 2.45) is 20.7 Å². The Morgan fingerprint density at radius 1 is 0.938 bits per heavy atom. The number of fused-ring (bicyclic) bond motifs is 6. The third-order valence-electron chi connectivity index (χ3n) is 11.7. The highest BCUT2D eigenvalue weighted by atomic mass is 16.7. The van der Waals surface area contributed by atoms with E-state index in [1.54, 1.807) is 65.7 Å². The Balaban J connectivity index is 1.23. The Bertz CT molecular complexity index is 2630. The molecule has 5 heterocycles. The second kappa shape index (κ2) is 17.8. The monoisotopic (exact) mass is 873 g/mol. The summed E-state index contributed by atoms with van der Waals surface area (Å²) in [6.07, 6.45) is -6.14. The first kappa shape index (κ1) is 42.6. The zero-order valence-corrected chi connectivity index (χ0v) is 34.1. The molecule has 1 fully saturated rings. The summed E-state index contributed by atoms with van der Waals surface area (Å²) >= 11 is 0. The third-order valence-corrected chi connectivity index (χ3v) is 11.7. The highest BCUT2D eigenvalue weighted by Crippen LogP contribution is 2.50. The van der Waals surface area contributed by atoms with Crippen molar-refractivity contribution in [3.8, 4) is 11.5 Å². The van der Waals surface area contributed by atoms with Gasteiger partial charge >= 0.3 is 5.91 Å². The number of amidine groups is 1. The summed E-state index contributed by atoms with van der Waals surface area (Å²) in [7, 11) is 0. The van der Waals surface area contributed by atoms with Crippen molar-refractivity contribution in [1.82, 2.24) is 4.98 Å². The van der Waals surface area contributed by atoms with Gasteiger partial charge in [-0.15, -0.1) is 0 Å². The summed E-state index contributed by atoms with van der Waals surface area (Å²) in [4.78, 5) is 71.9. The van der Waals surface area contributed by atoms with Crippen molar-refractivity contribution in [3.05, 3.63) is 112 Å². The molecule has 7 N–H and O–H groups in total. The lowest BCUT2D eigenvalue weighted by molar-refractivity contribution is -0.289. The number of anilines is 2. The number of aliphatic hydroxyl groups excluding tert-OH is 3. The maximum Gasteiger partial charge on any atom is 0.302 e. The quantitative estimate of drug-likeness (QED) is 0.117. The van der Waals surface area contributed by atoms with Crippen LogP contribution >= 0.6 is 0 Å². The number of benzene rings is 3. The smallest absolute Gasteiger partial charge is 0.302 e. The van der Waals surface area contributed by atoms with Crippen molar-refractivity contribution in [1.29, 1.82) is 0 Å². The zero-order valence-electron chi connectivity index (χ0n) is 34.1. The van der Waals surface area contributed by atoms with Gasteiger partial charge in [-0.3, -0.25) is 19.4 Å². The van der Waals surface area contributed by atoms with E-state index in [-0.39, 0.29) is 90.6 Å². The second-order valence-corrected chi connectivity index (χ2v) is 15.7. The van der Waals surface area contributed by atoms with E-state index in [4.69, 9.17) is 35.2 Å². The lowest BCUT2D eigenvalue weighted by Crippen LogP contribution is -2.61. The largest absolute Gasteiger partial charge is 0.486 e. The van der Waals surface area contributed by atoms with Crippen LogP contribution in [0.2, 0.25) is 0 Å². The van der Waals surface area contributed by atoms with E-state index in [0.717, 1.165) is 5.56 Å². The maximum absolute atomic E-state index is 14.7. The number of nitrogens with two attached hydrogens (primary N) is 2. The molecule has 1 saturated heterocycles. The van der Waals surface area contributed by atoms with E-state index in [1.807, 2.05) is 6.07 Å². The highest BCUT2D eigenvalue weighted by Gasteiger charge is 2.49. The third kappa shape index (κ3) is 7.93. The molecule has 5 aliphatic rings. The van der Waals surface area contributed by atoms with Gasteiger partial charge in [-0.05, 0) is 48.2 Å². The van der Waals surface area contributed by atoms with Crippen molar-refractivity contribution in [2.75, 3.05) is 43.7 Å². The number of amides is 1. The number of para-hydroxylation sites is 1. The molecule has 4 aliphatic heterocycles. The van der Waals surface area contributed by atoms with Crippen LogP contribution in [-0.4, -0.2) is 131 Å².